The van der Waals surface area contributed by atoms with E-state index in [0.29, 0.717) is 5.92 Å². The molecule has 2 aliphatic rings. The van der Waals surface area contributed by atoms with E-state index in [2.05, 4.69) is 0 Å². The SMILES string of the molecule is C[C@]1(C=O)O[C@@H]1C1CCCCC1. The molecule has 12 heavy (non-hydrogen) atoms. The zero-order chi connectivity index (χ0) is 8.60. The van der Waals surface area contributed by atoms with Crippen LogP contribution in [0.1, 0.15) is 39.0 Å². The molecule has 0 unspecified atom stereocenters. The number of ether oxygens (including phenoxy) is 1. The predicted octanol–water partition coefficient (Wildman–Crippen LogP) is 1.92. The van der Waals surface area contributed by atoms with E-state index in [-0.39, 0.29) is 6.10 Å². The maximum absolute atomic E-state index is 10.6. The molecule has 1 saturated carbocycles. The lowest BCUT2D eigenvalue weighted by molar-refractivity contribution is -0.111. The average molecular weight is 168 g/mol. The van der Waals surface area contributed by atoms with Gasteiger partial charge in [-0.25, -0.2) is 0 Å². The van der Waals surface area contributed by atoms with E-state index < -0.39 is 5.60 Å². The molecule has 2 fully saturated rings. The summed E-state index contributed by atoms with van der Waals surface area (Å²) < 4.78 is 5.43. The van der Waals surface area contributed by atoms with Crippen LogP contribution in [0.2, 0.25) is 0 Å². The molecular weight excluding hydrogens is 152 g/mol. The van der Waals surface area contributed by atoms with Crippen LogP contribution in [0.3, 0.4) is 0 Å². The fourth-order valence-electron chi connectivity index (χ4n) is 2.34. The van der Waals surface area contributed by atoms with Crippen LogP contribution in [0.25, 0.3) is 0 Å². The Balaban J connectivity index is 1.90. The van der Waals surface area contributed by atoms with Gasteiger partial charge in [0.05, 0.1) is 6.10 Å². The van der Waals surface area contributed by atoms with Gasteiger partial charge < -0.3 is 9.53 Å². The van der Waals surface area contributed by atoms with Gasteiger partial charge in [0, 0.05) is 0 Å². The van der Waals surface area contributed by atoms with Crippen molar-refractivity contribution in [1.82, 2.24) is 0 Å². The molecule has 1 saturated heterocycles. The quantitative estimate of drug-likeness (QED) is 0.465. The molecule has 0 aromatic carbocycles. The Morgan fingerprint density at radius 3 is 2.50 bits per heavy atom. The van der Waals surface area contributed by atoms with Gasteiger partial charge in [0.25, 0.3) is 0 Å². The van der Waals surface area contributed by atoms with Crippen LogP contribution >= 0.6 is 0 Å². The van der Waals surface area contributed by atoms with E-state index >= 15 is 0 Å². The highest BCUT2D eigenvalue weighted by atomic mass is 16.6. The molecule has 0 aromatic heterocycles. The first-order chi connectivity index (χ1) is 5.76. The Labute approximate surface area is 73.3 Å². The van der Waals surface area contributed by atoms with Crippen molar-refractivity contribution >= 4 is 6.29 Å². The lowest BCUT2D eigenvalue weighted by Crippen LogP contribution is -2.20. The molecular formula is C10H16O2. The molecule has 1 heterocycles. The predicted molar refractivity (Wildman–Crippen MR) is 45.9 cm³/mol. The van der Waals surface area contributed by atoms with E-state index in [1.807, 2.05) is 6.92 Å². The minimum absolute atomic E-state index is 0.246. The van der Waals surface area contributed by atoms with Gasteiger partial charge >= 0.3 is 0 Å². The molecule has 68 valence electrons. The van der Waals surface area contributed by atoms with Crippen molar-refractivity contribution in [3.63, 3.8) is 0 Å². The maximum Gasteiger partial charge on any atom is 0.154 e. The van der Waals surface area contributed by atoms with Gasteiger partial charge in [-0.2, -0.15) is 0 Å². The van der Waals surface area contributed by atoms with E-state index in [9.17, 15) is 4.79 Å². The summed E-state index contributed by atoms with van der Waals surface area (Å²) in [5, 5.41) is 0. The summed E-state index contributed by atoms with van der Waals surface area (Å²) in [5.74, 6) is 0.661. The van der Waals surface area contributed by atoms with E-state index in [4.69, 9.17) is 4.74 Å². The first-order valence-corrected chi connectivity index (χ1v) is 4.90. The third kappa shape index (κ3) is 1.28. The van der Waals surface area contributed by atoms with Gasteiger partial charge in [-0.15, -0.1) is 0 Å². The summed E-state index contributed by atoms with van der Waals surface area (Å²) in [6, 6.07) is 0. The van der Waals surface area contributed by atoms with Crippen LogP contribution < -0.4 is 0 Å². The number of carbonyl (C=O) groups is 1. The number of carbonyl (C=O) groups excluding carboxylic acids is 1. The van der Waals surface area contributed by atoms with Crippen molar-refractivity contribution in [2.75, 3.05) is 0 Å². The molecule has 2 nitrogen and oxygen atoms in total. The molecule has 0 radical (unpaired) electrons. The standard InChI is InChI=1S/C10H16O2/c1-10(7-11)9(12-10)8-5-3-2-4-6-8/h7-9H,2-6H2,1H3/t9-,10-/m1/s1. The van der Waals surface area contributed by atoms with Gasteiger partial charge in [-0.3, -0.25) is 0 Å². The van der Waals surface area contributed by atoms with Gasteiger partial charge in [0.1, 0.15) is 5.60 Å². The largest absolute Gasteiger partial charge is 0.358 e. The number of aldehydes is 1. The summed E-state index contributed by atoms with van der Waals surface area (Å²) in [4.78, 5) is 10.6. The number of epoxide rings is 1. The Hall–Kier alpha value is -0.370. The zero-order valence-electron chi connectivity index (χ0n) is 7.58. The highest BCUT2D eigenvalue weighted by Crippen LogP contribution is 2.44. The summed E-state index contributed by atoms with van der Waals surface area (Å²) in [6.07, 6.45) is 7.73. The Morgan fingerprint density at radius 1 is 1.33 bits per heavy atom. The van der Waals surface area contributed by atoms with Crippen molar-refractivity contribution in [1.29, 1.82) is 0 Å². The average Bonchev–Trinajstić information content (AvgIpc) is 2.81. The second-order valence-electron chi connectivity index (χ2n) is 4.24. The molecule has 0 spiro atoms. The minimum Gasteiger partial charge on any atom is -0.358 e. The minimum atomic E-state index is -0.415. The topological polar surface area (TPSA) is 29.6 Å². The molecule has 1 aliphatic carbocycles. The maximum atomic E-state index is 10.6. The van der Waals surface area contributed by atoms with Crippen molar-refractivity contribution in [2.45, 2.75) is 50.7 Å². The van der Waals surface area contributed by atoms with Crippen LogP contribution in [0.5, 0.6) is 0 Å². The first-order valence-electron chi connectivity index (χ1n) is 4.90. The Kier molecular flexibility index (Phi) is 1.95. The molecule has 0 amide bonds. The van der Waals surface area contributed by atoms with Gasteiger partial charge in [-0.1, -0.05) is 19.3 Å². The van der Waals surface area contributed by atoms with Gasteiger partial charge in [0.15, 0.2) is 6.29 Å². The second kappa shape index (κ2) is 2.84. The monoisotopic (exact) mass is 168 g/mol. The van der Waals surface area contributed by atoms with Crippen LogP contribution in [0.4, 0.5) is 0 Å². The Morgan fingerprint density at radius 2 is 2.00 bits per heavy atom. The zero-order valence-corrected chi connectivity index (χ0v) is 7.58. The third-order valence-electron chi connectivity index (χ3n) is 3.20. The molecule has 2 rings (SSSR count). The Bertz CT molecular complexity index is 184. The normalized spacial score (nSPS) is 42.6. The molecule has 0 aromatic rings. The molecule has 2 atom stereocenters. The van der Waals surface area contributed by atoms with E-state index in [1.165, 1.54) is 32.1 Å². The summed E-state index contributed by atoms with van der Waals surface area (Å²) in [6.45, 7) is 1.90. The summed E-state index contributed by atoms with van der Waals surface area (Å²) >= 11 is 0. The van der Waals surface area contributed by atoms with E-state index in [1.54, 1.807) is 0 Å². The molecule has 0 bridgehead atoms. The van der Waals surface area contributed by atoms with Gasteiger partial charge in [-0.05, 0) is 25.7 Å². The fourth-order valence-corrected chi connectivity index (χ4v) is 2.34. The van der Waals surface area contributed by atoms with E-state index in [0.717, 1.165) is 6.29 Å². The number of hydrogen-bond acceptors (Lipinski definition) is 2. The molecule has 0 N–H and O–H groups in total. The lowest BCUT2D eigenvalue weighted by atomic mass is 9.83. The molecule has 1 aliphatic heterocycles. The number of rotatable bonds is 2. The second-order valence-corrected chi connectivity index (χ2v) is 4.24. The van der Waals surface area contributed by atoms with Crippen LogP contribution in [0, 0.1) is 5.92 Å². The summed E-state index contributed by atoms with van der Waals surface area (Å²) in [5.41, 5.74) is -0.415. The molecule has 2 heteroatoms. The van der Waals surface area contributed by atoms with Crippen LogP contribution in [-0.4, -0.2) is 18.0 Å². The van der Waals surface area contributed by atoms with Crippen molar-refractivity contribution in [3.05, 3.63) is 0 Å². The summed E-state index contributed by atoms with van der Waals surface area (Å²) in [7, 11) is 0. The van der Waals surface area contributed by atoms with Crippen molar-refractivity contribution < 1.29 is 9.53 Å². The van der Waals surface area contributed by atoms with Gasteiger partial charge in [0.2, 0.25) is 0 Å². The fraction of sp³-hybridized carbons (Fsp3) is 0.900. The first kappa shape index (κ1) is 8.24. The van der Waals surface area contributed by atoms with Crippen molar-refractivity contribution in [2.24, 2.45) is 5.92 Å². The van der Waals surface area contributed by atoms with Crippen LogP contribution in [0.15, 0.2) is 0 Å². The highest BCUT2D eigenvalue weighted by Gasteiger charge is 2.55. The smallest absolute Gasteiger partial charge is 0.154 e. The third-order valence-corrected chi connectivity index (χ3v) is 3.20. The van der Waals surface area contributed by atoms with Crippen molar-refractivity contribution in [3.8, 4) is 0 Å². The lowest BCUT2D eigenvalue weighted by Gasteiger charge is -2.19. The highest BCUT2D eigenvalue weighted by molar-refractivity contribution is 5.67. The van der Waals surface area contributed by atoms with Crippen LogP contribution in [-0.2, 0) is 9.53 Å². The number of hydrogen-bond donors (Lipinski definition) is 0.